The van der Waals surface area contributed by atoms with Crippen molar-refractivity contribution in [1.82, 2.24) is 20.4 Å². The second-order valence-corrected chi connectivity index (χ2v) is 5.36. The number of amides is 2. The van der Waals surface area contributed by atoms with E-state index in [1.54, 1.807) is 0 Å². The van der Waals surface area contributed by atoms with Gasteiger partial charge in [0.05, 0.1) is 0 Å². The number of piperazine rings is 1. The Hall–Kier alpha value is -1.56. The topological polar surface area (TPSA) is 73.0 Å². The fourth-order valence-corrected chi connectivity index (χ4v) is 2.90. The quantitative estimate of drug-likeness (QED) is 0.757. The van der Waals surface area contributed by atoms with Gasteiger partial charge in [-0.05, 0) is 12.8 Å². The molecule has 3 rings (SSSR count). The Morgan fingerprint density at radius 2 is 2.05 bits per heavy atom. The van der Waals surface area contributed by atoms with E-state index in [4.69, 9.17) is 0 Å². The van der Waals surface area contributed by atoms with Crippen molar-refractivity contribution in [2.24, 2.45) is 0 Å². The molecule has 0 unspecified atom stereocenters. The molecule has 1 saturated heterocycles. The summed E-state index contributed by atoms with van der Waals surface area (Å²) in [5, 5.41) is 13.4. The van der Waals surface area contributed by atoms with E-state index in [-0.39, 0.29) is 6.03 Å². The number of aromatic nitrogens is 2. The van der Waals surface area contributed by atoms with Gasteiger partial charge in [0.15, 0.2) is 5.82 Å². The van der Waals surface area contributed by atoms with Crippen molar-refractivity contribution in [2.75, 3.05) is 31.5 Å². The summed E-state index contributed by atoms with van der Waals surface area (Å²) in [7, 11) is 0. The highest BCUT2D eigenvalue weighted by molar-refractivity contribution is 5.88. The number of carbonyl (C=O) groups excluding carboxylic acids is 1. The molecule has 19 heavy (non-hydrogen) atoms. The number of hydrogen-bond donors (Lipinski definition) is 3. The van der Waals surface area contributed by atoms with E-state index in [2.05, 4.69) is 20.8 Å². The predicted octanol–water partition coefficient (Wildman–Crippen LogP) is 1.50. The molecule has 1 saturated carbocycles. The third-order valence-corrected chi connectivity index (χ3v) is 4.03. The molecule has 3 N–H and O–H groups in total. The van der Waals surface area contributed by atoms with Gasteiger partial charge in [-0.25, -0.2) is 4.79 Å². The Bertz CT molecular complexity index is 432. The first-order valence-corrected chi connectivity index (χ1v) is 7.15. The maximum atomic E-state index is 12.0. The Labute approximate surface area is 112 Å². The van der Waals surface area contributed by atoms with Crippen LogP contribution in [0.4, 0.5) is 10.6 Å². The number of rotatable bonds is 2. The first-order valence-electron chi connectivity index (χ1n) is 7.15. The van der Waals surface area contributed by atoms with Gasteiger partial charge in [0.25, 0.3) is 0 Å². The van der Waals surface area contributed by atoms with Crippen LogP contribution in [0.3, 0.4) is 0 Å². The number of urea groups is 1. The molecule has 2 aliphatic rings. The molecule has 6 heteroatoms. The van der Waals surface area contributed by atoms with Crippen LogP contribution in [0.5, 0.6) is 0 Å². The lowest BCUT2D eigenvalue weighted by molar-refractivity contribution is 0.204. The lowest BCUT2D eigenvalue weighted by Crippen LogP contribution is -2.48. The summed E-state index contributed by atoms with van der Waals surface area (Å²) >= 11 is 0. The Balaban J connectivity index is 1.58. The van der Waals surface area contributed by atoms with Gasteiger partial charge in [-0.15, -0.1) is 0 Å². The first-order chi connectivity index (χ1) is 9.33. The molecule has 1 aliphatic carbocycles. The van der Waals surface area contributed by atoms with Crippen molar-refractivity contribution in [3.05, 3.63) is 11.8 Å². The molecule has 6 nitrogen and oxygen atoms in total. The van der Waals surface area contributed by atoms with E-state index in [1.807, 2.05) is 11.0 Å². The van der Waals surface area contributed by atoms with Crippen molar-refractivity contribution in [3.63, 3.8) is 0 Å². The largest absolute Gasteiger partial charge is 0.323 e. The smallest absolute Gasteiger partial charge is 0.322 e. The van der Waals surface area contributed by atoms with E-state index in [0.717, 1.165) is 31.9 Å². The van der Waals surface area contributed by atoms with Crippen LogP contribution in [0.15, 0.2) is 6.07 Å². The van der Waals surface area contributed by atoms with Crippen molar-refractivity contribution >= 4 is 11.8 Å². The van der Waals surface area contributed by atoms with Gasteiger partial charge in [0.1, 0.15) is 0 Å². The number of nitrogens with zero attached hydrogens (tertiary/aromatic N) is 2. The molecule has 104 valence electrons. The molecule has 2 fully saturated rings. The highest BCUT2D eigenvalue weighted by atomic mass is 16.2. The van der Waals surface area contributed by atoms with Crippen LogP contribution in [0.1, 0.15) is 37.3 Å². The summed E-state index contributed by atoms with van der Waals surface area (Å²) in [6.45, 7) is 3.24. The molecule has 1 aromatic rings. The molecular formula is C13H21N5O. The van der Waals surface area contributed by atoms with Crippen LogP contribution in [0.2, 0.25) is 0 Å². The molecule has 0 spiro atoms. The zero-order chi connectivity index (χ0) is 13.1. The average Bonchev–Trinajstić information content (AvgIpc) is 3.10. The number of anilines is 1. The van der Waals surface area contributed by atoms with Crippen LogP contribution < -0.4 is 10.6 Å². The molecule has 0 bridgehead atoms. The number of nitrogens with one attached hydrogen (secondary N) is 3. The second-order valence-electron chi connectivity index (χ2n) is 5.36. The highest BCUT2D eigenvalue weighted by Gasteiger charge is 2.21. The third-order valence-electron chi connectivity index (χ3n) is 4.03. The van der Waals surface area contributed by atoms with Crippen LogP contribution in [0.25, 0.3) is 0 Å². The molecule has 1 aromatic heterocycles. The lowest BCUT2D eigenvalue weighted by Gasteiger charge is -2.27. The van der Waals surface area contributed by atoms with Crippen molar-refractivity contribution in [3.8, 4) is 0 Å². The van der Waals surface area contributed by atoms with E-state index in [1.165, 1.54) is 25.7 Å². The summed E-state index contributed by atoms with van der Waals surface area (Å²) in [5.41, 5.74) is 1.16. The normalized spacial score (nSPS) is 20.7. The third kappa shape index (κ3) is 2.89. The number of H-pyrrole nitrogens is 1. The van der Waals surface area contributed by atoms with Crippen molar-refractivity contribution in [1.29, 1.82) is 0 Å². The maximum Gasteiger partial charge on any atom is 0.323 e. The zero-order valence-electron chi connectivity index (χ0n) is 11.1. The van der Waals surface area contributed by atoms with E-state index < -0.39 is 0 Å². The number of carbonyl (C=O) groups is 1. The van der Waals surface area contributed by atoms with Crippen molar-refractivity contribution in [2.45, 2.75) is 31.6 Å². The lowest BCUT2D eigenvalue weighted by atomic mass is 10.0. The van der Waals surface area contributed by atoms with Gasteiger partial charge < -0.3 is 10.2 Å². The molecule has 0 radical (unpaired) electrons. The molecule has 0 aromatic carbocycles. The molecule has 0 atom stereocenters. The Kier molecular flexibility index (Phi) is 3.68. The molecule has 2 amide bonds. The Morgan fingerprint density at radius 3 is 2.79 bits per heavy atom. The minimum Gasteiger partial charge on any atom is -0.322 e. The summed E-state index contributed by atoms with van der Waals surface area (Å²) in [6.07, 6.45) is 5.05. The standard InChI is InChI=1S/C13H21N5O/c19-13(18-7-5-14-6-8-18)15-12-9-11(16-17-12)10-3-1-2-4-10/h9-10,14H,1-8H2,(H2,15,16,17,19). The number of hydrogen-bond acceptors (Lipinski definition) is 3. The summed E-state index contributed by atoms with van der Waals surface area (Å²) in [4.78, 5) is 13.9. The van der Waals surface area contributed by atoms with Crippen LogP contribution >= 0.6 is 0 Å². The fourth-order valence-electron chi connectivity index (χ4n) is 2.90. The van der Waals surface area contributed by atoms with Crippen LogP contribution in [0, 0.1) is 0 Å². The average molecular weight is 263 g/mol. The SMILES string of the molecule is O=C(Nc1cc(C2CCCC2)[nH]n1)N1CCNCC1. The summed E-state index contributed by atoms with van der Waals surface area (Å²) < 4.78 is 0. The molecule has 2 heterocycles. The second kappa shape index (κ2) is 5.61. The molecular weight excluding hydrogens is 242 g/mol. The monoisotopic (exact) mass is 263 g/mol. The minimum absolute atomic E-state index is 0.0500. The van der Waals surface area contributed by atoms with Gasteiger partial charge >= 0.3 is 6.03 Å². The van der Waals surface area contributed by atoms with E-state index >= 15 is 0 Å². The first kappa shape index (κ1) is 12.5. The fraction of sp³-hybridized carbons (Fsp3) is 0.692. The van der Waals surface area contributed by atoms with Gasteiger partial charge in [0, 0.05) is 43.9 Å². The minimum atomic E-state index is -0.0500. The summed E-state index contributed by atoms with van der Waals surface area (Å²) in [6, 6.07) is 1.93. The van der Waals surface area contributed by atoms with Gasteiger partial charge in [-0.2, -0.15) is 5.10 Å². The highest BCUT2D eigenvalue weighted by Crippen LogP contribution is 2.33. The van der Waals surface area contributed by atoms with Gasteiger partial charge in [0.2, 0.25) is 0 Å². The molecule has 1 aliphatic heterocycles. The maximum absolute atomic E-state index is 12.0. The summed E-state index contributed by atoms with van der Waals surface area (Å²) in [5.74, 6) is 1.24. The number of aromatic amines is 1. The van der Waals surface area contributed by atoms with Gasteiger partial charge in [-0.1, -0.05) is 12.8 Å². The van der Waals surface area contributed by atoms with E-state index in [0.29, 0.717) is 11.7 Å². The van der Waals surface area contributed by atoms with Crippen LogP contribution in [-0.2, 0) is 0 Å². The zero-order valence-corrected chi connectivity index (χ0v) is 11.1. The predicted molar refractivity (Wildman–Crippen MR) is 73.3 cm³/mol. The van der Waals surface area contributed by atoms with Crippen molar-refractivity contribution < 1.29 is 4.79 Å². The van der Waals surface area contributed by atoms with Crippen LogP contribution in [-0.4, -0.2) is 47.3 Å². The Morgan fingerprint density at radius 1 is 1.32 bits per heavy atom. The van der Waals surface area contributed by atoms with Gasteiger partial charge in [-0.3, -0.25) is 10.4 Å². The van der Waals surface area contributed by atoms with E-state index in [9.17, 15) is 4.79 Å².